The predicted octanol–water partition coefficient (Wildman–Crippen LogP) is -0.725. The number of fused-ring (bicyclic) bond motifs is 1. The van der Waals surface area contributed by atoms with Crippen molar-refractivity contribution in [1.82, 2.24) is 25.1 Å². The summed E-state index contributed by atoms with van der Waals surface area (Å²) in [5, 5.41) is 11.4. The largest absolute Gasteiger partial charge is 0.449 e. The lowest BCUT2D eigenvalue weighted by Crippen LogP contribution is -2.56. The summed E-state index contributed by atoms with van der Waals surface area (Å²) in [6, 6.07) is 0. The minimum atomic E-state index is -0.547. The van der Waals surface area contributed by atoms with E-state index in [1.807, 2.05) is 0 Å². The lowest BCUT2D eigenvalue weighted by atomic mass is 10.1. The molecule has 1 unspecified atom stereocenters. The molecule has 3 heterocycles. The van der Waals surface area contributed by atoms with E-state index in [1.54, 1.807) is 13.1 Å². The van der Waals surface area contributed by atoms with Crippen LogP contribution < -0.4 is 0 Å². The summed E-state index contributed by atoms with van der Waals surface area (Å²) in [7, 11) is 1.69. The fraction of sp³-hybridized carbons (Fsp3) is 0.500. The summed E-state index contributed by atoms with van der Waals surface area (Å²) < 4.78 is 11.9. The number of β-lactam (4-membered cyclic amide) rings is 1. The Hall–Kier alpha value is -1.94. The van der Waals surface area contributed by atoms with Crippen molar-refractivity contribution in [2.24, 2.45) is 7.05 Å². The number of hydrogen-bond donors (Lipinski definition) is 0. The SMILES string of the molecule is Cn1nnnc1SCOC(=O)C1=CCOC2CC(=O)N12. The zero-order valence-corrected chi connectivity index (χ0v) is 11.4. The van der Waals surface area contributed by atoms with Crippen molar-refractivity contribution in [2.75, 3.05) is 12.5 Å². The van der Waals surface area contributed by atoms with Crippen LogP contribution in [0.25, 0.3) is 0 Å². The van der Waals surface area contributed by atoms with Crippen LogP contribution in [0.5, 0.6) is 0 Å². The number of ether oxygens (including phenoxy) is 2. The average Bonchev–Trinajstić information content (AvgIpc) is 2.82. The number of hydrogen-bond acceptors (Lipinski definition) is 8. The van der Waals surface area contributed by atoms with Crippen molar-refractivity contribution in [3.05, 3.63) is 11.8 Å². The van der Waals surface area contributed by atoms with Crippen molar-refractivity contribution in [3.8, 4) is 0 Å². The Kier molecular flexibility index (Phi) is 3.40. The molecule has 1 aromatic heterocycles. The van der Waals surface area contributed by atoms with Crippen LogP contribution in [0.15, 0.2) is 16.9 Å². The number of aryl methyl sites for hydroxylation is 1. The number of esters is 1. The highest BCUT2D eigenvalue weighted by Crippen LogP contribution is 2.29. The maximum absolute atomic E-state index is 11.9. The third-order valence-electron chi connectivity index (χ3n) is 2.90. The molecule has 3 rings (SSSR count). The molecule has 0 bridgehead atoms. The standard InChI is InChI=1S/C10H11N5O4S/c1-14-10(11-12-13-14)20-5-19-9(17)6-2-3-18-8-4-7(16)15(6)8/h2,8H,3-5H2,1H3. The van der Waals surface area contributed by atoms with E-state index in [0.717, 1.165) is 0 Å². The van der Waals surface area contributed by atoms with Crippen LogP contribution in [0.3, 0.4) is 0 Å². The molecule has 0 saturated carbocycles. The summed E-state index contributed by atoms with van der Waals surface area (Å²) in [6.45, 7) is 0.305. The van der Waals surface area contributed by atoms with E-state index < -0.39 is 5.97 Å². The Labute approximate surface area is 117 Å². The van der Waals surface area contributed by atoms with Gasteiger partial charge in [-0.05, 0) is 28.3 Å². The van der Waals surface area contributed by atoms with Gasteiger partial charge in [-0.3, -0.25) is 9.69 Å². The van der Waals surface area contributed by atoms with Crippen LogP contribution in [-0.2, 0) is 26.1 Å². The Bertz CT molecular complexity index is 586. The highest BCUT2D eigenvalue weighted by Gasteiger charge is 2.43. The second kappa shape index (κ2) is 5.21. The topological polar surface area (TPSA) is 99.4 Å². The highest BCUT2D eigenvalue weighted by molar-refractivity contribution is 7.99. The van der Waals surface area contributed by atoms with Gasteiger partial charge in [0, 0.05) is 7.05 Å². The van der Waals surface area contributed by atoms with Gasteiger partial charge in [0.05, 0.1) is 13.0 Å². The molecule has 0 N–H and O–H groups in total. The van der Waals surface area contributed by atoms with Crippen molar-refractivity contribution >= 4 is 23.6 Å². The van der Waals surface area contributed by atoms with Gasteiger partial charge in [0.2, 0.25) is 11.1 Å². The first kappa shape index (κ1) is 13.1. The molecule has 2 aliphatic heterocycles. The lowest BCUT2D eigenvalue weighted by Gasteiger charge is -2.42. The number of amides is 1. The first-order valence-electron chi connectivity index (χ1n) is 5.83. The van der Waals surface area contributed by atoms with Crippen molar-refractivity contribution < 1.29 is 19.1 Å². The molecule has 1 amide bonds. The smallest absolute Gasteiger partial charge is 0.355 e. The van der Waals surface area contributed by atoms with E-state index in [-0.39, 0.29) is 23.8 Å². The van der Waals surface area contributed by atoms with Gasteiger partial charge in [0.1, 0.15) is 17.9 Å². The van der Waals surface area contributed by atoms with Gasteiger partial charge in [-0.25, -0.2) is 9.48 Å². The molecule has 1 saturated heterocycles. The minimum Gasteiger partial charge on any atom is -0.449 e. The zero-order valence-electron chi connectivity index (χ0n) is 10.6. The highest BCUT2D eigenvalue weighted by atomic mass is 32.2. The van der Waals surface area contributed by atoms with Crippen LogP contribution in [0.4, 0.5) is 0 Å². The number of carbonyl (C=O) groups is 2. The lowest BCUT2D eigenvalue weighted by molar-refractivity contribution is -0.174. The summed E-state index contributed by atoms with van der Waals surface area (Å²) in [4.78, 5) is 24.7. The van der Waals surface area contributed by atoms with E-state index in [9.17, 15) is 9.59 Å². The van der Waals surface area contributed by atoms with E-state index >= 15 is 0 Å². The first-order chi connectivity index (χ1) is 9.66. The molecule has 1 fully saturated rings. The van der Waals surface area contributed by atoms with Crippen LogP contribution in [-0.4, -0.2) is 55.8 Å². The Balaban J connectivity index is 1.55. The monoisotopic (exact) mass is 297 g/mol. The van der Waals surface area contributed by atoms with Gasteiger partial charge in [-0.15, -0.1) is 5.10 Å². The van der Waals surface area contributed by atoms with E-state index in [2.05, 4.69) is 15.5 Å². The van der Waals surface area contributed by atoms with Crippen LogP contribution in [0.2, 0.25) is 0 Å². The molecular formula is C10H11N5O4S. The normalized spacial score (nSPS) is 21.1. The predicted molar refractivity (Wildman–Crippen MR) is 64.9 cm³/mol. The van der Waals surface area contributed by atoms with Gasteiger partial charge in [-0.1, -0.05) is 0 Å². The van der Waals surface area contributed by atoms with Gasteiger partial charge in [-0.2, -0.15) is 0 Å². The second-order valence-corrected chi connectivity index (χ2v) is 5.01. The molecule has 0 spiro atoms. The maximum atomic E-state index is 11.9. The van der Waals surface area contributed by atoms with Gasteiger partial charge < -0.3 is 9.47 Å². The Morgan fingerprint density at radius 2 is 2.50 bits per heavy atom. The van der Waals surface area contributed by atoms with Crippen LogP contribution >= 0.6 is 11.8 Å². The minimum absolute atomic E-state index is 0.0674. The van der Waals surface area contributed by atoms with Crippen molar-refractivity contribution in [1.29, 1.82) is 0 Å². The van der Waals surface area contributed by atoms with E-state index in [4.69, 9.17) is 9.47 Å². The fourth-order valence-corrected chi connectivity index (χ4v) is 2.47. The van der Waals surface area contributed by atoms with Crippen LogP contribution in [0, 0.1) is 0 Å². The summed E-state index contributed by atoms with van der Waals surface area (Å²) in [5.41, 5.74) is 0.245. The molecule has 0 radical (unpaired) electrons. The Morgan fingerprint density at radius 1 is 1.65 bits per heavy atom. The number of carbonyl (C=O) groups excluding carboxylic acids is 2. The zero-order chi connectivity index (χ0) is 14.1. The molecule has 1 atom stereocenters. The van der Waals surface area contributed by atoms with Crippen LogP contribution in [0.1, 0.15) is 6.42 Å². The fourth-order valence-electron chi connectivity index (χ4n) is 1.88. The quantitative estimate of drug-likeness (QED) is 0.310. The van der Waals surface area contributed by atoms with Crippen molar-refractivity contribution in [3.63, 3.8) is 0 Å². The number of aromatic nitrogens is 4. The first-order valence-corrected chi connectivity index (χ1v) is 6.81. The molecule has 0 aliphatic carbocycles. The van der Waals surface area contributed by atoms with Gasteiger partial charge in [0.15, 0.2) is 0 Å². The van der Waals surface area contributed by atoms with Gasteiger partial charge in [0.25, 0.3) is 0 Å². The van der Waals surface area contributed by atoms with Gasteiger partial charge >= 0.3 is 5.97 Å². The molecule has 2 aliphatic rings. The maximum Gasteiger partial charge on any atom is 0.355 e. The molecule has 9 nitrogen and oxygen atoms in total. The molecule has 1 aromatic rings. The average molecular weight is 297 g/mol. The molecule has 106 valence electrons. The summed E-state index contributed by atoms with van der Waals surface area (Å²) in [6.07, 6.45) is 1.53. The van der Waals surface area contributed by atoms with Crippen molar-refractivity contribution in [2.45, 2.75) is 17.8 Å². The number of thioether (sulfide) groups is 1. The molecule has 20 heavy (non-hydrogen) atoms. The summed E-state index contributed by atoms with van der Waals surface area (Å²) in [5.74, 6) is -0.616. The van der Waals surface area contributed by atoms with E-state index in [1.165, 1.54) is 21.3 Å². The number of rotatable bonds is 4. The molecule has 10 heteroatoms. The third kappa shape index (κ3) is 2.27. The summed E-state index contributed by atoms with van der Waals surface area (Å²) >= 11 is 1.19. The molecular weight excluding hydrogens is 286 g/mol. The number of tetrazole rings is 1. The van der Waals surface area contributed by atoms with E-state index in [0.29, 0.717) is 18.2 Å². The second-order valence-electron chi connectivity index (χ2n) is 4.12. The molecule has 0 aromatic carbocycles. The Morgan fingerprint density at radius 3 is 3.20 bits per heavy atom. The number of nitrogens with zero attached hydrogens (tertiary/aromatic N) is 5. The third-order valence-corrected chi connectivity index (χ3v) is 3.74.